The highest BCUT2D eigenvalue weighted by molar-refractivity contribution is 6.03. The standard InChI is InChI=1S/C20H19N3/c1-15-9-11-16(12-10-15)19-14-20(18-8-5-13-21-18)23(22-19)17-6-3-2-4-7-17/h2-13,20-21H,14H2,1H3. The van der Waals surface area contributed by atoms with E-state index in [9.17, 15) is 0 Å². The molecule has 2 heterocycles. The number of hydrogen-bond donors (Lipinski definition) is 1. The van der Waals surface area contributed by atoms with Crippen molar-refractivity contribution in [2.24, 2.45) is 5.10 Å². The van der Waals surface area contributed by atoms with E-state index in [2.05, 4.69) is 71.5 Å². The molecule has 0 radical (unpaired) electrons. The van der Waals surface area contributed by atoms with Crippen molar-refractivity contribution in [3.8, 4) is 0 Å². The molecule has 4 rings (SSSR count). The third-order valence-electron chi connectivity index (χ3n) is 4.30. The molecule has 1 aromatic heterocycles. The number of nitrogens with zero attached hydrogens (tertiary/aromatic N) is 2. The predicted molar refractivity (Wildman–Crippen MR) is 94.8 cm³/mol. The molecule has 3 heteroatoms. The lowest BCUT2D eigenvalue weighted by Gasteiger charge is -2.22. The summed E-state index contributed by atoms with van der Waals surface area (Å²) in [6, 6.07) is 23.4. The molecule has 0 aliphatic carbocycles. The Kier molecular flexibility index (Phi) is 3.46. The van der Waals surface area contributed by atoms with Crippen LogP contribution in [0.4, 0.5) is 5.69 Å². The van der Waals surface area contributed by atoms with E-state index in [1.165, 1.54) is 16.8 Å². The number of aromatic nitrogens is 1. The van der Waals surface area contributed by atoms with E-state index in [0.717, 1.165) is 17.8 Å². The summed E-state index contributed by atoms with van der Waals surface area (Å²) in [4.78, 5) is 3.34. The fraction of sp³-hybridized carbons (Fsp3) is 0.150. The Morgan fingerprint density at radius 2 is 1.74 bits per heavy atom. The summed E-state index contributed by atoms with van der Waals surface area (Å²) in [5, 5.41) is 7.05. The Bertz CT molecular complexity index is 802. The minimum absolute atomic E-state index is 0.212. The monoisotopic (exact) mass is 301 g/mol. The van der Waals surface area contributed by atoms with Crippen LogP contribution in [0.5, 0.6) is 0 Å². The lowest BCUT2D eigenvalue weighted by atomic mass is 10.0. The van der Waals surface area contributed by atoms with E-state index in [-0.39, 0.29) is 6.04 Å². The van der Waals surface area contributed by atoms with Crippen molar-refractivity contribution in [2.45, 2.75) is 19.4 Å². The molecule has 0 spiro atoms. The van der Waals surface area contributed by atoms with Gasteiger partial charge in [-0.2, -0.15) is 5.10 Å². The van der Waals surface area contributed by atoms with Crippen molar-refractivity contribution in [1.82, 2.24) is 4.98 Å². The highest BCUT2D eigenvalue weighted by Gasteiger charge is 2.30. The molecule has 0 saturated heterocycles. The van der Waals surface area contributed by atoms with E-state index in [1.54, 1.807) is 0 Å². The summed E-state index contributed by atoms with van der Waals surface area (Å²) in [5.41, 5.74) is 5.92. The maximum Gasteiger partial charge on any atom is 0.0979 e. The van der Waals surface area contributed by atoms with Crippen LogP contribution >= 0.6 is 0 Å². The maximum absolute atomic E-state index is 4.93. The largest absolute Gasteiger partial charge is 0.363 e. The molecule has 1 unspecified atom stereocenters. The molecule has 0 bridgehead atoms. The Hall–Kier alpha value is -2.81. The van der Waals surface area contributed by atoms with Gasteiger partial charge in [0.05, 0.1) is 17.4 Å². The minimum atomic E-state index is 0.212. The fourth-order valence-corrected chi connectivity index (χ4v) is 3.04. The van der Waals surface area contributed by atoms with Crippen LogP contribution in [0.25, 0.3) is 0 Å². The number of aromatic amines is 1. The highest BCUT2D eigenvalue weighted by Crippen LogP contribution is 2.35. The molecule has 1 N–H and O–H groups in total. The number of H-pyrrole nitrogens is 1. The van der Waals surface area contributed by atoms with Crippen molar-refractivity contribution in [3.05, 3.63) is 89.7 Å². The van der Waals surface area contributed by atoms with Crippen LogP contribution in [0.3, 0.4) is 0 Å². The van der Waals surface area contributed by atoms with Crippen molar-refractivity contribution >= 4 is 11.4 Å². The number of nitrogens with one attached hydrogen (secondary N) is 1. The summed E-state index contributed by atoms with van der Waals surface area (Å²) < 4.78 is 0. The van der Waals surface area contributed by atoms with Crippen molar-refractivity contribution in [2.75, 3.05) is 5.01 Å². The van der Waals surface area contributed by atoms with Crippen LogP contribution < -0.4 is 5.01 Å². The Morgan fingerprint density at radius 3 is 2.43 bits per heavy atom. The number of aryl methyl sites for hydroxylation is 1. The molecule has 0 saturated carbocycles. The first kappa shape index (κ1) is 13.8. The van der Waals surface area contributed by atoms with Gasteiger partial charge in [-0.05, 0) is 36.8 Å². The topological polar surface area (TPSA) is 31.4 Å². The SMILES string of the molecule is Cc1ccc(C2=NN(c3ccccc3)C(c3ccc[nH]3)C2)cc1. The van der Waals surface area contributed by atoms with Gasteiger partial charge in [0.25, 0.3) is 0 Å². The van der Waals surface area contributed by atoms with Gasteiger partial charge in [-0.1, -0.05) is 48.0 Å². The molecule has 2 aromatic carbocycles. The third kappa shape index (κ3) is 2.66. The molecular weight excluding hydrogens is 282 g/mol. The van der Waals surface area contributed by atoms with Crippen LogP contribution in [0.15, 0.2) is 78.0 Å². The van der Waals surface area contributed by atoms with E-state index in [0.29, 0.717) is 0 Å². The summed E-state index contributed by atoms with van der Waals surface area (Å²) >= 11 is 0. The van der Waals surface area contributed by atoms with E-state index in [4.69, 9.17) is 5.10 Å². The second kappa shape index (κ2) is 5.76. The molecule has 114 valence electrons. The molecule has 0 amide bonds. The molecule has 1 atom stereocenters. The summed E-state index contributed by atoms with van der Waals surface area (Å²) in [6.45, 7) is 2.11. The van der Waals surface area contributed by atoms with Crippen LogP contribution in [0, 0.1) is 6.92 Å². The van der Waals surface area contributed by atoms with E-state index >= 15 is 0 Å². The molecule has 23 heavy (non-hydrogen) atoms. The lowest BCUT2D eigenvalue weighted by molar-refractivity contribution is 0.691. The van der Waals surface area contributed by atoms with Crippen LogP contribution in [0.1, 0.15) is 29.3 Å². The second-order valence-electron chi connectivity index (χ2n) is 5.94. The molecule has 0 fully saturated rings. The van der Waals surface area contributed by atoms with Crippen LogP contribution in [-0.2, 0) is 0 Å². The number of hydrazone groups is 1. The number of rotatable bonds is 3. The second-order valence-corrected chi connectivity index (χ2v) is 5.94. The molecular formula is C20H19N3. The average Bonchev–Trinajstić information content (AvgIpc) is 3.26. The zero-order valence-electron chi connectivity index (χ0n) is 13.1. The van der Waals surface area contributed by atoms with Gasteiger partial charge in [0.2, 0.25) is 0 Å². The van der Waals surface area contributed by atoms with Gasteiger partial charge >= 0.3 is 0 Å². The van der Waals surface area contributed by atoms with Crippen molar-refractivity contribution in [3.63, 3.8) is 0 Å². The molecule has 3 nitrogen and oxygen atoms in total. The normalized spacial score (nSPS) is 17.3. The summed E-state index contributed by atoms with van der Waals surface area (Å²) in [7, 11) is 0. The summed E-state index contributed by atoms with van der Waals surface area (Å²) in [5.74, 6) is 0. The Labute approximate surface area is 136 Å². The van der Waals surface area contributed by atoms with Crippen molar-refractivity contribution < 1.29 is 0 Å². The molecule has 3 aromatic rings. The quantitative estimate of drug-likeness (QED) is 0.748. The van der Waals surface area contributed by atoms with Gasteiger partial charge in [0.15, 0.2) is 0 Å². The average molecular weight is 301 g/mol. The van der Waals surface area contributed by atoms with Gasteiger partial charge in [-0.3, -0.25) is 5.01 Å². The number of anilines is 1. The predicted octanol–water partition coefficient (Wildman–Crippen LogP) is 4.68. The lowest BCUT2D eigenvalue weighted by Crippen LogP contribution is -2.18. The fourth-order valence-electron chi connectivity index (χ4n) is 3.04. The number of hydrogen-bond acceptors (Lipinski definition) is 2. The minimum Gasteiger partial charge on any atom is -0.363 e. The first-order chi connectivity index (χ1) is 11.3. The van der Waals surface area contributed by atoms with Gasteiger partial charge < -0.3 is 4.98 Å². The van der Waals surface area contributed by atoms with E-state index < -0.39 is 0 Å². The number of para-hydroxylation sites is 1. The first-order valence-corrected chi connectivity index (χ1v) is 7.93. The summed E-state index contributed by atoms with van der Waals surface area (Å²) in [6.07, 6.45) is 2.88. The van der Waals surface area contributed by atoms with Crippen molar-refractivity contribution in [1.29, 1.82) is 0 Å². The molecule has 1 aliphatic rings. The van der Waals surface area contributed by atoms with Gasteiger partial charge in [0.1, 0.15) is 0 Å². The number of benzene rings is 2. The zero-order chi connectivity index (χ0) is 15.6. The maximum atomic E-state index is 4.93. The zero-order valence-corrected chi connectivity index (χ0v) is 13.1. The molecule has 1 aliphatic heterocycles. The van der Waals surface area contributed by atoms with Crippen LogP contribution in [0.2, 0.25) is 0 Å². The van der Waals surface area contributed by atoms with Gasteiger partial charge in [-0.25, -0.2) is 0 Å². The van der Waals surface area contributed by atoms with Crippen LogP contribution in [-0.4, -0.2) is 10.7 Å². The Morgan fingerprint density at radius 1 is 0.957 bits per heavy atom. The van der Waals surface area contributed by atoms with Gasteiger partial charge in [-0.15, -0.1) is 0 Å². The smallest absolute Gasteiger partial charge is 0.0979 e. The third-order valence-corrected chi connectivity index (χ3v) is 4.30. The highest BCUT2D eigenvalue weighted by atomic mass is 15.5. The van der Waals surface area contributed by atoms with E-state index in [1.807, 2.05) is 18.3 Å². The Balaban J connectivity index is 1.73. The first-order valence-electron chi connectivity index (χ1n) is 7.93. The van der Waals surface area contributed by atoms with Gasteiger partial charge in [0, 0.05) is 18.3 Å².